The molecule has 0 amide bonds. The molecule has 0 fully saturated rings. The summed E-state index contributed by atoms with van der Waals surface area (Å²) in [5, 5.41) is -0.646. The molecular formula is C8H3Cl2FN2O. The highest BCUT2D eigenvalue weighted by Crippen LogP contribution is 2.23. The van der Waals surface area contributed by atoms with E-state index in [4.69, 9.17) is 27.6 Å². The Balaban J connectivity index is 2.57. The lowest BCUT2D eigenvalue weighted by atomic mass is 10.4. The molecule has 0 unspecified atom stereocenters. The quantitative estimate of drug-likeness (QED) is 0.710. The second-order valence-corrected chi connectivity index (χ2v) is 3.14. The van der Waals surface area contributed by atoms with E-state index in [1.54, 1.807) is 12.1 Å². The highest BCUT2D eigenvalue weighted by molar-refractivity contribution is 6.33. The normalized spacial score (nSPS) is 10.5. The fourth-order valence-electron chi connectivity index (χ4n) is 0.910. The van der Waals surface area contributed by atoms with Crippen LogP contribution in [0.2, 0.25) is 10.3 Å². The number of aromatic nitrogens is 2. The Kier molecular flexibility index (Phi) is 2.39. The van der Waals surface area contributed by atoms with Gasteiger partial charge >= 0.3 is 0 Å². The zero-order valence-corrected chi connectivity index (χ0v) is 8.18. The minimum atomic E-state index is -0.830. The van der Waals surface area contributed by atoms with Crippen molar-refractivity contribution in [2.45, 2.75) is 0 Å². The molecule has 2 aromatic heterocycles. The highest BCUT2D eigenvalue weighted by Gasteiger charge is 2.13. The van der Waals surface area contributed by atoms with Gasteiger partial charge in [-0.3, -0.25) is 0 Å². The van der Waals surface area contributed by atoms with Crippen molar-refractivity contribution in [3.05, 3.63) is 34.5 Å². The predicted octanol–water partition coefficient (Wildman–Crippen LogP) is 3.18. The van der Waals surface area contributed by atoms with Crippen LogP contribution in [0.3, 0.4) is 0 Å². The number of halogens is 3. The summed E-state index contributed by atoms with van der Waals surface area (Å²) in [6, 6.07) is 3.28. The smallest absolute Gasteiger partial charge is 0.198 e. The van der Waals surface area contributed by atoms with Crippen LogP contribution in [0.5, 0.6) is 0 Å². The third kappa shape index (κ3) is 1.58. The average molecular weight is 233 g/mol. The molecule has 0 aromatic carbocycles. The van der Waals surface area contributed by atoms with Gasteiger partial charge in [0.1, 0.15) is 0 Å². The van der Waals surface area contributed by atoms with Crippen LogP contribution in [0, 0.1) is 5.82 Å². The number of rotatable bonds is 1. The largest absolute Gasteiger partial charge is 0.461 e. The fraction of sp³-hybridized carbons (Fsp3) is 0. The Morgan fingerprint density at radius 3 is 2.36 bits per heavy atom. The van der Waals surface area contributed by atoms with E-state index < -0.39 is 5.82 Å². The van der Waals surface area contributed by atoms with Crippen LogP contribution in [0.1, 0.15) is 0 Å². The van der Waals surface area contributed by atoms with Crippen LogP contribution in [-0.2, 0) is 0 Å². The van der Waals surface area contributed by atoms with Crippen molar-refractivity contribution in [3.8, 4) is 11.6 Å². The second kappa shape index (κ2) is 3.55. The maximum absolute atomic E-state index is 12.9. The lowest BCUT2D eigenvalue weighted by Crippen LogP contribution is -1.93. The Morgan fingerprint density at radius 1 is 1.21 bits per heavy atom. The molecule has 2 rings (SSSR count). The molecule has 2 aromatic rings. The molecule has 0 aliphatic rings. The van der Waals surface area contributed by atoms with Gasteiger partial charge in [0.25, 0.3) is 0 Å². The molecule has 0 spiro atoms. The van der Waals surface area contributed by atoms with Gasteiger partial charge in [0.15, 0.2) is 27.7 Å². The van der Waals surface area contributed by atoms with Crippen molar-refractivity contribution in [1.29, 1.82) is 0 Å². The number of hydrogen-bond acceptors (Lipinski definition) is 3. The zero-order chi connectivity index (χ0) is 10.1. The van der Waals surface area contributed by atoms with E-state index in [0.717, 1.165) is 0 Å². The monoisotopic (exact) mass is 232 g/mol. The number of hydrogen-bond donors (Lipinski definition) is 0. The molecule has 72 valence electrons. The first-order valence-electron chi connectivity index (χ1n) is 3.61. The summed E-state index contributed by atoms with van der Waals surface area (Å²) in [4.78, 5) is 7.35. The summed E-state index contributed by atoms with van der Waals surface area (Å²) in [5.74, 6) is -0.288. The van der Waals surface area contributed by atoms with E-state index >= 15 is 0 Å². The molecular weight excluding hydrogens is 230 g/mol. The topological polar surface area (TPSA) is 38.9 Å². The van der Waals surface area contributed by atoms with E-state index in [1.807, 2.05) is 0 Å². The predicted molar refractivity (Wildman–Crippen MR) is 49.7 cm³/mol. The molecule has 0 atom stereocenters. The van der Waals surface area contributed by atoms with Crippen LogP contribution >= 0.6 is 23.2 Å². The average Bonchev–Trinajstić information content (AvgIpc) is 2.66. The lowest BCUT2D eigenvalue weighted by Gasteiger charge is -1.99. The molecule has 0 saturated heterocycles. The van der Waals surface area contributed by atoms with Crippen molar-refractivity contribution in [2.75, 3.05) is 0 Å². The molecule has 0 N–H and O–H groups in total. The summed E-state index contributed by atoms with van der Waals surface area (Å²) >= 11 is 11.0. The van der Waals surface area contributed by atoms with Crippen molar-refractivity contribution < 1.29 is 8.81 Å². The molecule has 0 aliphatic carbocycles. The first kappa shape index (κ1) is 9.43. The third-order valence-electron chi connectivity index (χ3n) is 1.51. The van der Waals surface area contributed by atoms with Crippen LogP contribution in [0.4, 0.5) is 4.39 Å². The SMILES string of the molecule is Fc1c(Cl)nc(-c2ccco2)nc1Cl. The first-order chi connectivity index (χ1) is 6.68. The fourth-order valence-corrected chi connectivity index (χ4v) is 1.30. The van der Waals surface area contributed by atoms with Gasteiger partial charge in [-0.25, -0.2) is 14.4 Å². The van der Waals surface area contributed by atoms with Gasteiger partial charge in [0.2, 0.25) is 0 Å². The number of furan rings is 1. The van der Waals surface area contributed by atoms with E-state index in [9.17, 15) is 4.39 Å². The first-order valence-corrected chi connectivity index (χ1v) is 4.36. The van der Waals surface area contributed by atoms with Crippen molar-refractivity contribution >= 4 is 23.2 Å². The van der Waals surface area contributed by atoms with Crippen LogP contribution in [0.15, 0.2) is 22.8 Å². The van der Waals surface area contributed by atoms with E-state index in [-0.39, 0.29) is 16.1 Å². The van der Waals surface area contributed by atoms with Gasteiger partial charge in [-0.1, -0.05) is 23.2 Å². The minimum absolute atomic E-state index is 0.159. The summed E-state index contributed by atoms with van der Waals surface area (Å²) < 4.78 is 17.9. The summed E-state index contributed by atoms with van der Waals surface area (Å²) in [7, 11) is 0. The maximum atomic E-state index is 12.9. The standard InChI is InChI=1S/C8H3Cl2FN2O/c9-6-5(11)7(10)13-8(12-6)4-2-1-3-14-4/h1-3H. The molecule has 0 saturated carbocycles. The Labute approximate surface area is 88.5 Å². The van der Waals surface area contributed by atoms with Crippen molar-refractivity contribution in [1.82, 2.24) is 9.97 Å². The summed E-state index contributed by atoms with van der Waals surface area (Å²) in [6.45, 7) is 0. The van der Waals surface area contributed by atoms with Gasteiger partial charge < -0.3 is 4.42 Å². The minimum Gasteiger partial charge on any atom is -0.461 e. The lowest BCUT2D eigenvalue weighted by molar-refractivity contribution is 0.573. The summed E-state index contributed by atoms with van der Waals surface area (Å²) in [5.41, 5.74) is 0. The molecule has 0 bridgehead atoms. The molecule has 14 heavy (non-hydrogen) atoms. The Morgan fingerprint density at radius 2 is 1.86 bits per heavy atom. The molecule has 6 heteroatoms. The van der Waals surface area contributed by atoms with Gasteiger partial charge in [0.05, 0.1) is 6.26 Å². The van der Waals surface area contributed by atoms with Crippen molar-refractivity contribution in [3.63, 3.8) is 0 Å². The van der Waals surface area contributed by atoms with Gasteiger partial charge in [0, 0.05) is 0 Å². The van der Waals surface area contributed by atoms with E-state index in [1.165, 1.54) is 6.26 Å². The van der Waals surface area contributed by atoms with Crippen molar-refractivity contribution in [2.24, 2.45) is 0 Å². The Bertz CT molecular complexity index is 435. The van der Waals surface area contributed by atoms with Crippen LogP contribution < -0.4 is 0 Å². The van der Waals surface area contributed by atoms with Gasteiger partial charge in [-0.2, -0.15) is 0 Å². The van der Waals surface area contributed by atoms with Gasteiger partial charge in [-0.15, -0.1) is 0 Å². The molecule has 3 nitrogen and oxygen atoms in total. The van der Waals surface area contributed by atoms with Crippen LogP contribution in [-0.4, -0.2) is 9.97 Å². The Hall–Kier alpha value is -1.13. The van der Waals surface area contributed by atoms with E-state index in [0.29, 0.717) is 5.76 Å². The zero-order valence-electron chi connectivity index (χ0n) is 6.67. The maximum Gasteiger partial charge on any atom is 0.198 e. The molecule has 0 radical (unpaired) electrons. The van der Waals surface area contributed by atoms with Crippen LogP contribution in [0.25, 0.3) is 11.6 Å². The second-order valence-electron chi connectivity index (χ2n) is 2.42. The van der Waals surface area contributed by atoms with Gasteiger partial charge in [-0.05, 0) is 12.1 Å². The molecule has 0 aliphatic heterocycles. The molecule has 2 heterocycles. The summed E-state index contributed by atoms with van der Waals surface area (Å²) in [6.07, 6.45) is 1.45. The highest BCUT2D eigenvalue weighted by atomic mass is 35.5. The number of nitrogens with zero attached hydrogens (tertiary/aromatic N) is 2. The third-order valence-corrected chi connectivity index (χ3v) is 2.01. The van der Waals surface area contributed by atoms with E-state index in [2.05, 4.69) is 9.97 Å².